The van der Waals surface area contributed by atoms with E-state index in [1.54, 1.807) is 48.0 Å². The van der Waals surface area contributed by atoms with E-state index in [1.807, 2.05) is 13.0 Å². The van der Waals surface area contributed by atoms with E-state index in [-0.39, 0.29) is 18.1 Å². The summed E-state index contributed by atoms with van der Waals surface area (Å²) >= 11 is 6.15. The summed E-state index contributed by atoms with van der Waals surface area (Å²) in [7, 11) is 0. The van der Waals surface area contributed by atoms with Crippen LogP contribution in [0.4, 0.5) is 4.39 Å². The number of aryl methyl sites for hydroxylation is 3. The predicted molar refractivity (Wildman–Crippen MR) is 109 cm³/mol. The van der Waals surface area contributed by atoms with Crippen molar-refractivity contribution in [2.24, 2.45) is 0 Å². The molecule has 152 valence electrons. The maximum atomic E-state index is 13.8. The molecule has 0 spiro atoms. The quantitative estimate of drug-likeness (QED) is 0.486. The van der Waals surface area contributed by atoms with Gasteiger partial charge in [0.1, 0.15) is 18.2 Å². The Morgan fingerprint density at radius 1 is 1.17 bits per heavy atom. The molecule has 0 amide bonds. The average Bonchev–Trinajstić information content (AvgIpc) is 3.08. The summed E-state index contributed by atoms with van der Waals surface area (Å²) in [6, 6.07) is 13.5. The first kappa shape index (κ1) is 20.9. The van der Waals surface area contributed by atoms with Crippen LogP contribution in [0.25, 0.3) is 0 Å². The number of hydrogen-bond donors (Lipinski definition) is 0. The smallest absolute Gasteiger partial charge is 0.358 e. The van der Waals surface area contributed by atoms with Gasteiger partial charge in [-0.15, -0.1) is 0 Å². The lowest BCUT2D eigenvalue weighted by molar-refractivity contribution is 0.0518. The van der Waals surface area contributed by atoms with Crippen molar-refractivity contribution in [3.63, 3.8) is 0 Å². The number of nitrogens with zero attached hydrogens (tertiary/aromatic N) is 2. The summed E-state index contributed by atoms with van der Waals surface area (Å²) < 4.78 is 26.4. The van der Waals surface area contributed by atoms with Crippen molar-refractivity contribution in [1.29, 1.82) is 0 Å². The molecular weight excluding hydrogens is 395 g/mol. The van der Waals surface area contributed by atoms with Crippen molar-refractivity contribution in [1.82, 2.24) is 9.78 Å². The van der Waals surface area contributed by atoms with Crippen molar-refractivity contribution >= 4 is 17.6 Å². The van der Waals surface area contributed by atoms with Crippen molar-refractivity contribution in [2.45, 2.75) is 33.4 Å². The number of ether oxygens (including phenoxy) is 2. The van der Waals surface area contributed by atoms with Crippen LogP contribution in [0.15, 0.2) is 48.5 Å². The molecule has 29 heavy (non-hydrogen) atoms. The van der Waals surface area contributed by atoms with Gasteiger partial charge in [-0.05, 0) is 56.2 Å². The lowest BCUT2D eigenvalue weighted by Gasteiger charge is -2.13. The Balaban J connectivity index is 1.72. The summed E-state index contributed by atoms with van der Waals surface area (Å²) in [5, 5.41) is 4.91. The SMILES string of the molecule is CCOC(=O)c1cc(C)n(CCc2cc(Cl)ccc2OCc2ccccc2F)n1. The summed E-state index contributed by atoms with van der Waals surface area (Å²) in [5.41, 5.74) is 2.49. The van der Waals surface area contributed by atoms with E-state index < -0.39 is 5.97 Å². The Morgan fingerprint density at radius 2 is 1.97 bits per heavy atom. The van der Waals surface area contributed by atoms with Gasteiger partial charge in [0.15, 0.2) is 5.69 Å². The number of hydrogen-bond acceptors (Lipinski definition) is 4. The molecule has 3 rings (SSSR count). The number of rotatable bonds is 8. The second kappa shape index (κ2) is 9.56. The fourth-order valence-corrected chi connectivity index (χ4v) is 3.12. The van der Waals surface area contributed by atoms with Crippen molar-refractivity contribution in [3.05, 3.63) is 81.9 Å². The van der Waals surface area contributed by atoms with Crippen molar-refractivity contribution < 1.29 is 18.7 Å². The van der Waals surface area contributed by atoms with Gasteiger partial charge in [-0.3, -0.25) is 4.68 Å². The monoisotopic (exact) mass is 416 g/mol. The Kier molecular flexibility index (Phi) is 6.88. The van der Waals surface area contributed by atoms with Crippen LogP contribution in [0, 0.1) is 12.7 Å². The van der Waals surface area contributed by atoms with Crippen LogP contribution in [0.1, 0.15) is 34.2 Å². The van der Waals surface area contributed by atoms with Gasteiger partial charge < -0.3 is 9.47 Å². The van der Waals surface area contributed by atoms with E-state index in [4.69, 9.17) is 21.1 Å². The van der Waals surface area contributed by atoms with Crippen LogP contribution in [0.3, 0.4) is 0 Å². The molecule has 1 aromatic heterocycles. The highest BCUT2D eigenvalue weighted by atomic mass is 35.5. The minimum Gasteiger partial charge on any atom is -0.489 e. The molecule has 0 saturated carbocycles. The van der Waals surface area contributed by atoms with E-state index in [0.717, 1.165) is 11.3 Å². The number of benzene rings is 2. The number of carbonyl (C=O) groups is 1. The Morgan fingerprint density at radius 3 is 2.72 bits per heavy atom. The lowest BCUT2D eigenvalue weighted by atomic mass is 10.1. The first-order chi connectivity index (χ1) is 14.0. The van der Waals surface area contributed by atoms with E-state index >= 15 is 0 Å². The summed E-state index contributed by atoms with van der Waals surface area (Å²) in [5.74, 6) is -0.110. The predicted octanol–water partition coefficient (Wildman–Crippen LogP) is 4.98. The molecule has 0 atom stereocenters. The zero-order valence-corrected chi connectivity index (χ0v) is 17.1. The first-order valence-corrected chi connectivity index (χ1v) is 9.72. The standard InChI is InChI=1S/C22H22ClFN2O3/c1-3-28-22(27)20-12-15(2)26(25-20)11-10-16-13-18(23)8-9-21(16)29-14-17-6-4-5-7-19(17)24/h4-9,12-13H,3,10-11,14H2,1-2H3. The van der Waals surface area contributed by atoms with Gasteiger partial charge in [-0.2, -0.15) is 5.10 Å². The third-order valence-corrected chi connectivity index (χ3v) is 4.66. The first-order valence-electron chi connectivity index (χ1n) is 9.34. The highest BCUT2D eigenvalue weighted by molar-refractivity contribution is 6.30. The van der Waals surface area contributed by atoms with Crippen molar-refractivity contribution in [3.8, 4) is 5.75 Å². The van der Waals surface area contributed by atoms with E-state index in [9.17, 15) is 9.18 Å². The maximum Gasteiger partial charge on any atom is 0.358 e. The molecule has 5 nitrogen and oxygen atoms in total. The molecule has 0 aliphatic carbocycles. The Hall–Kier alpha value is -2.86. The summed E-state index contributed by atoms with van der Waals surface area (Å²) in [6.45, 7) is 4.58. The molecule has 0 bridgehead atoms. The molecule has 0 saturated heterocycles. The molecule has 0 N–H and O–H groups in total. The third-order valence-electron chi connectivity index (χ3n) is 4.42. The van der Waals surface area contributed by atoms with Gasteiger partial charge in [0, 0.05) is 22.8 Å². The molecule has 0 unspecified atom stereocenters. The van der Waals surface area contributed by atoms with Crippen LogP contribution < -0.4 is 4.74 Å². The molecule has 0 aliphatic heterocycles. The van der Waals surface area contributed by atoms with Gasteiger partial charge in [0.05, 0.1) is 6.61 Å². The van der Waals surface area contributed by atoms with Crippen LogP contribution in [0.2, 0.25) is 5.02 Å². The molecule has 0 aliphatic rings. The summed E-state index contributed by atoms with van der Waals surface area (Å²) in [6.07, 6.45) is 0.581. The van der Waals surface area contributed by atoms with Crippen LogP contribution in [-0.2, 0) is 24.3 Å². The minimum atomic E-state index is -0.439. The molecule has 1 heterocycles. The van der Waals surface area contributed by atoms with Gasteiger partial charge in [-0.25, -0.2) is 9.18 Å². The van der Waals surface area contributed by atoms with Crippen LogP contribution in [-0.4, -0.2) is 22.4 Å². The Bertz CT molecular complexity index is 1000. The molecule has 0 radical (unpaired) electrons. The van der Waals surface area contributed by atoms with Gasteiger partial charge in [0.2, 0.25) is 0 Å². The molecule has 7 heteroatoms. The largest absolute Gasteiger partial charge is 0.489 e. The second-order valence-electron chi connectivity index (χ2n) is 6.50. The minimum absolute atomic E-state index is 0.120. The van der Waals surface area contributed by atoms with Gasteiger partial charge in [-0.1, -0.05) is 29.8 Å². The fraction of sp³-hybridized carbons (Fsp3) is 0.273. The molecule has 3 aromatic rings. The maximum absolute atomic E-state index is 13.8. The third kappa shape index (κ3) is 5.35. The Labute approximate surface area is 174 Å². The van der Waals surface area contributed by atoms with E-state index in [0.29, 0.717) is 35.9 Å². The zero-order valence-electron chi connectivity index (χ0n) is 16.3. The van der Waals surface area contributed by atoms with Gasteiger partial charge in [0.25, 0.3) is 0 Å². The zero-order chi connectivity index (χ0) is 20.8. The number of halogens is 2. The fourth-order valence-electron chi connectivity index (χ4n) is 2.92. The van der Waals surface area contributed by atoms with Crippen LogP contribution in [0.5, 0.6) is 5.75 Å². The average molecular weight is 417 g/mol. The molecule has 2 aromatic carbocycles. The normalized spacial score (nSPS) is 10.8. The number of aromatic nitrogens is 2. The van der Waals surface area contributed by atoms with E-state index in [1.165, 1.54) is 6.07 Å². The lowest BCUT2D eigenvalue weighted by Crippen LogP contribution is -2.09. The highest BCUT2D eigenvalue weighted by Gasteiger charge is 2.14. The van der Waals surface area contributed by atoms with Gasteiger partial charge >= 0.3 is 5.97 Å². The van der Waals surface area contributed by atoms with Crippen molar-refractivity contribution in [2.75, 3.05) is 6.61 Å². The number of esters is 1. The molecule has 0 fully saturated rings. The highest BCUT2D eigenvalue weighted by Crippen LogP contribution is 2.25. The summed E-state index contributed by atoms with van der Waals surface area (Å²) in [4.78, 5) is 11.9. The van der Waals surface area contributed by atoms with Crippen LogP contribution >= 0.6 is 11.6 Å². The number of carbonyl (C=O) groups excluding carboxylic acids is 1. The second-order valence-corrected chi connectivity index (χ2v) is 6.93. The van der Waals surface area contributed by atoms with E-state index in [2.05, 4.69) is 5.10 Å². The topological polar surface area (TPSA) is 53.4 Å². The molecular formula is C22H22ClFN2O3.